The Balaban J connectivity index is 2.22. The van der Waals surface area contributed by atoms with Crippen molar-refractivity contribution in [3.63, 3.8) is 0 Å². The molecule has 0 atom stereocenters. The van der Waals surface area contributed by atoms with Crippen molar-refractivity contribution in [1.29, 1.82) is 0 Å². The van der Waals surface area contributed by atoms with Crippen LogP contribution >= 0.6 is 15.9 Å². The van der Waals surface area contributed by atoms with Gasteiger partial charge in [0.05, 0.1) is 4.47 Å². The first kappa shape index (κ1) is 11.8. The maximum Gasteiger partial charge on any atom is 0.142 e. The first-order valence-corrected chi connectivity index (χ1v) is 5.64. The number of nitrogens with zero attached hydrogens (tertiary/aromatic N) is 1. The lowest BCUT2D eigenvalue weighted by Crippen LogP contribution is -2.08. The highest BCUT2D eigenvalue weighted by Crippen LogP contribution is 2.22. The van der Waals surface area contributed by atoms with Gasteiger partial charge in [-0.3, -0.25) is 0 Å². The molecule has 0 saturated carbocycles. The van der Waals surface area contributed by atoms with E-state index in [0.717, 1.165) is 5.69 Å². The molecule has 0 amide bonds. The second-order valence-electron chi connectivity index (χ2n) is 3.31. The van der Waals surface area contributed by atoms with Crippen molar-refractivity contribution in [2.24, 2.45) is 5.84 Å². The summed E-state index contributed by atoms with van der Waals surface area (Å²) in [7, 11) is 0. The lowest BCUT2D eigenvalue weighted by Gasteiger charge is -2.07. The molecule has 88 valence electrons. The molecule has 0 spiro atoms. The number of pyridine rings is 1. The van der Waals surface area contributed by atoms with E-state index in [2.05, 4.69) is 31.7 Å². The van der Waals surface area contributed by atoms with Gasteiger partial charge in [0.25, 0.3) is 0 Å². The Hall–Kier alpha value is -1.66. The van der Waals surface area contributed by atoms with Crippen LogP contribution < -0.4 is 16.6 Å². The van der Waals surface area contributed by atoms with Gasteiger partial charge in [-0.05, 0) is 46.3 Å². The molecule has 1 aromatic carbocycles. The van der Waals surface area contributed by atoms with E-state index in [-0.39, 0.29) is 5.82 Å². The van der Waals surface area contributed by atoms with E-state index in [1.165, 1.54) is 6.07 Å². The molecule has 4 N–H and O–H groups in total. The standard InChI is InChI=1S/C11H10BrFN4/c12-8-6-7(4-5-9(8)13)15-10-2-1-3-11(16-10)17-14/h1-6H,14H2,(H2,15,16,17). The fraction of sp³-hybridized carbons (Fsp3) is 0. The lowest BCUT2D eigenvalue weighted by atomic mass is 10.3. The molecule has 0 saturated heterocycles. The Morgan fingerprint density at radius 3 is 2.65 bits per heavy atom. The maximum absolute atomic E-state index is 13.0. The number of rotatable bonds is 3. The van der Waals surface area contributed by atoms with Crippen LogP contribution in [-0.2, 0) is 0 Å². The lowest BCUT2D eigenvalue weighted by molar-refractivity contribution is 0.621. The molecule has 1 heterocycles. The van der Waals surface area contributed by atoms with Crippen LogP contribution in [0.4, 0.5) is 21.7 Å². The average Bonchev–Trinajstić information content (AvgIpc) is 2.34. The minimum atomic E-state index is -0.305. The van der Waals surface area contributed by atoms with Crippen molar-refractivity contribution in [2.75, 3.05) is 10.7 Å². The quantitative estimate of drug-likeness (QED) is 0.602. The van der Waals surface area contributed by atoms with Crippen LogP contribution in [0, 0.1) is 5.82 Å². The number of nitrogen functional groups attached to an aromatic ring is 1. The van der Waals surface area contributed by atoms with E-state index in [4.69, 9.17) is 5.84 Å². The highest BCUT2D eigenvalue weighted by atomic mass is 79.9. The average molecular weight is 297 g/mol. The Morgan fingerprint density at radius 2 is 1.94 bits per heavy atom. The predicted molar refractivity (Wildman–Crippen MR) is 69.4 cm³/mol. The number of hydrazine groups is 1. The highest BCUT2D eigenvalue weighted by Gasteiger charge is 2.01. The topological polar surface area (TPSA) is 63.0 Å². The minimum Gasteiger partial charge on any atom is -0.340 e. The zero-order valence-electron chi connectivity index (χ0n) is 8.74. The summed E-state index contributed by atoms with van der Waals surface area (Å²) < 4.78 is 13.4. The SMILES string of the molecule is NNc1cccc(Nc2ccc(F)c(Br)c2)n1. The zero-order chi connectivity index (χ0) is 12.3. The van der Waals surface area contributed by atoms with Crippen molar-refractivity contribution < 1.29 is 4.39 Å². The molecule has 6 heteroatoms. The van der Waals surface area contributed by atoms with E-state index in [9.17, 15) is 4.39 Å². The molecule has 0 aliphatic carbocycles. The van der Waals surface area contributed by atoms with E-state index < -0.39 is 0 Å². The van der Waals surface area contributed by atoms with E-state index in [1.54, 1.807) is 24.3 Å². The third-order valence-electron chi connectivity index (χ3n) is 2.09. The fourth-order valence-electron chi connectivity index (χ4n) is 1.31. The van der Waals surface area contributed by atoms with Gasteiger partial charge in [-0.25, -0.2) is 15.2 Å². The van der Waals surface area contributed by atoms with Gasteiger partial charge in [0.1, 0.15) is 17.5 Å². The predicted octanol–water partition coefficient (Wildman–Crippen LogP) is 3.01. The number of nitrogens with one attached hydrogen (secondary N) is 2. The molecule has 0 radical (unpaired) electrons. The van der Waals surface area contributed by atoms with Crippen LogP contribution in [0.25, 0.3) is 0 Å². The Labute approximate surface area is 106 Å². The first-order chi connectivity index (χ1) is 8.19. The van der Waals surface area contributed by atoms with Gasteiger partial charge in [0, 0.05) is 5.69 Å². The largest absolute Gasteiger partial charge is 0.340 e. The number of hydrogen-bond donors (Lipinski definition) is 3. The summed E-state index contributed by atoms with van der Waals surface area (Å²) in [5.41, 5.74) is 3.19. The smallest absolute Gasteiger partial charge is 0.142 e. The minimum absolute atomic E-state index is 0.305. The molecule has 2 aromatic rings. The number of aromatic nitrogens is 1. The molecule has 0 unspecified atom stereocenters. The molecular weight excluding hydrogens is 287 g/mol. The van der Waals surface area contributed by atoms with Gasteiger partial charge in [-0.15, -0.1) is 0 Å². The Kier molecular flexibility index (Phi) is 3.55. The highest BCUT2D eigenvalue weighted by molar-refractivity contribution is 9.10. The molecule has 0 aliphatic rings. The summed E-state index contributed by atoms with van der Waals surface area (Å²) in [6.45, 7) is 0. The van der Waals surface area contributed by atoms with Crippen LogP contribution in [0.3, 0.4) is 0 Å². The van der Waals surface area contributed by atoms with Crippen molar-refractivity contribution in [3.05, 3.63) is 46.7 Å². The third kappa shape index (κ3) is 2.92. The summed E-state index contributed by atoms with van der Waals surface area (Å²) in [6, 6.07) is 9.98. The molecule has 1 aromatic heterocycles. The molecule has 0 aliphatic heterocycles. The normalized spacial score (nSPS) is 10.1. The van der Waals surface area contributed by atoms with E-state index in [1.807, 2.05) is 6.07 Å². The molecule has 0 bridgehead atoms. The first-order valence-electron chi connectivity index (χ1n) is 4.85. The Morgan fingerprint density at radius 1 is 1.18 bits per heavy atom. The molecule has 17 heavy (non-hydrogen) atoms. The van der Waals surface area contributed by atoms with Gasteiger partial charge in [-0.2, -0.15) is 0 Å². The van der Waals surface area contributed by atoms with Gasteiger partial charge < -0.3 is 10.7 Å². The van der Waals surface area contributed by atoms with Crippen LogP contribution in [-0.4, -0.2) is 4.98 Å². The zero-order valence-corrected chi connectivity index (χ0v) is 10.3. The van der Waals surface area contributed by atoms with Gasteiger partial charge in [0.15, 0.2) is 0 Å². The fourth-order valence-corrected chi connectivity index (χ4v) is 1.69. The van der Waals surface area contributed by atoms with Crippen molar-refractivity contribution in [2.45, 2.75) is 0 Å². The number of benzene rings is 1. The number of halogens is 2. The summed E-state index contributed by atoms with van der Waals surface area (Å²) in [5, 5.41) is 3.04. The number of anilines is 3. The van der Waals surface area contributed by atoms with Crippen LogP contribution in [0.5, 0.6) is 0 Å². The van der Waals surface area contributed by atoms with Gasteiger partial charge >= 0.3 is 0 Å². The second kappa shape index (κ2) is 5.11. The maximum atomic E-state index is 13.0. The summed E-state index contributed by atoms with van der Waals surface area (Å²) >= 11 is 3.12. The van der Waals surface area contributed by atoms with E-state index >= 15 is 0 Å². The van der Waals surface area contributed by atoms with Crippen LogP contribution in [0.15, 0.2) is 40.9 Å². The Bertz CT molecular complexity index is 533. The molecule has 0 fully saturated rings. The van der Waals surface area contributed by atoms with Gasteiger partial charge in [0.2, 0.25) is 0 Å². The summed E-state index contributed by atoms with van der Waals surface area (Å²) in [4.78, 5) is 4.18. The van der Waals surface area contributed by atoms with Gasteiger partial charge in [-0.1, -0.05) is 6.07 Å². The summed E-state index contributed by atoms with van der Waals surface area (Å²) in [6.07, 6.45) is 0. The second-order valence-corrected chi connectivity index (χ2v) is 4.16. The van der Waals surface area contributed by atoms with Crippen LogP contribution in [0.1, 0.15) is 0 Å². The number of hydrogen-bond acceptors (Lipinski definition) is 4. The van der Waals surface area contributed by atoms with Crippen molar-refractivity contribution in [1.82, 2.24) is 4.98 Å². The third-order valence-corrected chi connectivity index (χ3v) is 2.70. The molecular formula is C11H10BrFN4. The van der Waals surface area contributed by atoms with E-state index in [0.29, 0.717) is 16.1 Å². The van der Waals surface area contributed by atoms with Crippen molar-refractivity contribution >= 4 is 33.3 Å². The molecule has 2 rings (SSSR count). The van der Waals surface area contributed by atoms with Crippen LogP contribution in [0.2, 0.25) is 0 Å². The monoisotopic (exact) mass is 296 g/mol. The number of nitrogens with two attached hydrogens (primary N) is 1. The molecule has 4 nitrogen and oxygen atoms in total. The summed E-state index contributed by atoms with van der Waals surface area (Å²) in [5.74, 6) is 6.13. The van der Waals surface area contributed by atoms with Crippen molar-refractivity contribution in [3.8, 4) is 0 Å².